The van der Waals surface area contributed by atoms with E-state index in [-0.39, 0.29) is 11.3 Å². The second kappa shape index (κ2) is 6.68. The van der Waals surface area contributed by atoms with Gasteiger partial charge >= 0.3 is 0 Å². The van der Waals surface area contributed by atoms with Crippen molar-refractivity contribution < 1.29 is 9.53 Å². The van der Waals surface area contributed by atoms with E-state index in [1.807, 2.05) is 0 Å². The molecule has 2 aliphatic rings. The first-order valence-corrected chi connectivity index (χ1v) is 7.41. The van der Waals surface area contributed by atoms with Crippen LogP contribution in [0.3, 0.4) is 0 Å². The number of rotatable bonds is 4. The average molecular weight is 269 g/mol. The normalized spacial score (nSPS) is 25.2. The number of likely N-dealkylation sites (tertiary alicyclic amines) is 1. The molecule has 0 aliphatic carbocycles. The molecule has 0 saturated carbocycles. The van der Waals surface area contributed by atoms with Gasteiger partial charge in [-0.25, -0.2) is 0 Å². The van der Waals surface area contributed by atoms with Crippen molar-refractivity contribution in [3.63, 3.8) is 0 Å². The quantitative estimate of drug-likeness (QED) is 0.765. The predicted octanol–water partition coefficient (Wildman–Crippen LogP) is 0.200. The maximum atomic E-state index is 12.4. The van der Waals surface area contributed by atoms with Crippen LogP contribution in [0.25, 0.3) is 0 Å². The Kier molecular flexibility index (Phi) is 5.19. The largest absolute Gasteiger partial charge is 0.381 e. The topological polar surface area (TPSA) is 67.6 Å². The number of piperidine rings is 1. The molecular formula is C14H27N3O2. The van der Waals surface area contributed by atoms with Crippen molar-refractivity contribution in [3.8, 4) is 0 Å². The molecule has 2 heterocycles. The van der Waals surface area contributed by atoms with E-state index in [4.69, 9.17) is 10.5 Å². The van der Waals surface area contributed by atoms with Gasteiger partial charge in [-0.3, -0.25) is 4.79 Å². The molecule has 19 heavy (non-hydrogen) atoms. The SMILES string of the molecule is CN1CCC(CNC(=O)C2(CN)CCOCC2)CC1. The number of carbonyl (C=O) groups excluding carboxylic acids is 1. The van der Waals surface area contributed by atoms with Crippen molar-refractivity contribution in [1.29, 1.82) is 0 Å². The average Bonchev–Trinajstić information content (AvgIpc) is 2.47. The predicted molar refractivity (Wildman–Crippen MR) is 74.8 cm³/mol. The number of nitrogens with zero attached hydrogens (tertiary/aromatic N) is 1. The van der Waals surface area contributed by atoms with Gasteiger partial charge in [0.05, 0.1) is 5.41 Å². The monoisotopic (exact) mass is 269 g/mol. The zero-order valence-corrected chi connectivity index (χ0v) is 12.0. The van der Waals surface area contributed by atoms with Crippen LogP contribution >= 0.6 is 0 Å². The molecule has 5 heteroatoms. The first kappa shape index (κ1) is 14.8. The Labute approximate surface area is 115 Å². The van der Waals surface area contributed by atoms with Crippen LogP contribution in [-0.4, -0.2) is 57.2 Å². The number of carbonyl (C=O) groups is 1. The zero-order valence-electron chi connectivity index (χ0n) is 12.0. The van der Waals surface area contributed by atoms with Crippen LogP contribution in [-0.2, 0) is 9.53 Å². The third-order valence-electron chi connectivity index (χ3n) is 4.71. The summed E-state index contributed by atoms with van der Waals surface area (Å²) in [6, 6.07) is 0. The molecule has 3 N–H and O–H groups in total. The maximum Gasteiger partial charge on any atom is 0.227 e. The van der Waals surface area contributed by atoms with Crippen molar-refractivity contribution in [2.75, 3.05) is 46.4 Å². The maximum absolute atomic E-state index is 12.4. The lowest BCUT2D eigenvalue weighted by molar-refractivity contribution is -0.136. The van der Waals surface area contributed by atoms with Crippen LogP contribution in [0.1, 0.15) is 25.7 Å². The fraction of sp³-hybridized carbons (Fsp3) is 0.929. The summed E-state index contributed by atoms with van der Waals surface area (Å²) in [6.07, 6.45) is 3.86. The molecule has 110 valence electrons. The summed E-state index contributed by atoms with van der Waals surface area (Å²) >= 11 is 0. The second-order valence-corrected chi connectivity index (χ2v) is 6.05. The Balaban J connectivity index is 1.79. The Hall–Kier alpha value is -0.650. The molecule has 0 spiro atoms. The minimum atomic E-state index is -0.385. The van der Waals surface area contributed by atoms with Gasteiger partial charge in [0.25, 0.3) is 0 Å². The molecule has 0 aromatic heterocycles. The lowest BCUT2D eigenvalue weighted by atomic mass is 9.79. The summed E-state index contributed by atoms with van der Waals surface area (Å²) in [7, 11) is 2.15. The molecule has 0 unspecified atom stereocenters. The first-order valence-electron chi connectivity index (χ1n) is 7.41. The Bertz CT molecular complexity index is 295. The number of hydrogen-bond acceptors (Lipinski definition) is 4. The van der Waals surface area contributed by atoms with Crippen LogP contribution < -0.4 is 11.1 Å². The summed E-state index contributed by atoms with van der Waals surface area (Å²) in [5, 5.41) is 3.14. The van der Waals surface area contributed by atoms with E-state index in [0.29, 0.717) is 25.7 Å². The molecule has 2 saturated heterocycles. The van der Waals surface area contributed by atoms with Gasteiger partial charge in [0, 0.05) is 26.3 Å². The van der Waals surface area contributed by atoms with Crippen molar-refractivity contribution in [1.82, 2.24) is 10.2 Å². The summed E-state index contributed by atoms with van der Waals surface area (Å²) in [6.45, 7) is 4.80. The van der Waals surface area contributed by atoms with Crippen molar-refractivity contribution >= 4 is 5.91 Å². The zero-order chi connectivity index (χ0) is 13.7. The lowest BCUT2D eigenvalue weighted by Crippen LogP contribution is -2.50. The summed E-state index contributed by atoms with van der Waals surface area (Å²) in [5.74, 6) is 0.757. The highest BCUT2D eigenvalue weighted by atomic mass is 16.5. The van der Waals surface area contributed by atoms with Gasteiger partial charge < -0.3 is 20.7 Å². The number of nitrogens with one attached hydrogen (secondary N) is 1. The highest BCUT2D eigenvalue weighted by Gasteiger charge is 2.38. The van der Waals surface area contributed by atoms with Crippen LogP contribution in [0, 0.1) is 11.3 Å². The van der Waals surface area contributed by atoms with Crippen molar-refractivity contribution in [2.45, 2.75) is 25.7 Å². The number of hydrogen-bond donors (Lipinski definition) is 2. The van der Waals surface area contributed by atoms with Gasteiger partial charge in [-0.15, -0.1) is 0 Å². The van der Waals surface area contributed by atoms with Crippen LogP contribution in [0.15, 0.2) is 0 Å². The van der Waals surface area contributed by atoms with E-state index >= 15 is 0 Å². The lowest BCUT2D eigenvalue weighted by Gasteiger charge is -2.35. The van der Waals surface area contributed by atoms with Crippen molar-refractivity contribution in [2.24, 2.45) is 17.1 Å². The number of ether oxygens (including phenoxy) is 1. The Morgan fingerprint density at radius 1 is 1.37 bits per heavy atom. The van der Waals surface area contributed by atoms with E-state index in [1.165, 1.54) is 12.8 Å². The molecular weight excluding hydrogens is 242 g/mol. The van der Waals surface area contributed by atoms with E-state index < -0.39 is 0 Å². The van der Waals surface area contributed by atoms with Crippen LogP contribution in [0.4, 0.5) is 0 Å². The molecule has 2 aliphatic heterocycles. The molecule has 0 radical (unpaired) electrons. The second-order valence-electron chi connectivity index (χ2n) is 6.05. The van der Waals surface area contributed by atoms with Gasteiger partial charge in [0.15, 0.2) is 0 Å². The fourth-order valence-corrected chi connectivity index (χ4v) is 2.98. The highest BCUT2D eigenvalue weighted by Crippen LogP contribution is 2.29. The first-order chi connectivity index (χ1) is 9.16. The summed E-state index contributed by atoms with van der Waals surface area (Å²) in [4.78, 5) is 14.7. The molecule has 0 atom stereocenters. The van der Waals surface area contributed by atoms with Gasteiger partial charge in [0.2, 0.25) is 5.91 Å². The summed E-state index contributed by atoms with van der Waals surface area (Å²) < 4.78 is 5.34. The van der Waals surface area contributed by atoms with E-state index in [9.17, 15) is 4.79 Å². The standard InChI is InChI=1S/C14H27N3O2/c1-17-6-2-12(3-7-17)10-16-13(18)14(11-15)4-8-19-9-5-14/h12H,2-11,15H2,1H3,(H,16,18). The van der Waals surface area contributed by atoms with Crippen LogP contribution in [0.5, 0.6) is 0 Å². The van der Waals surface area contributed by atoms with Gasteiger partial charge in [-0.2, -0.15) is 0 Å². The molecule has 0 aromatic rings. The van der Waals surface area contributed by atoms with Gasteiger partial charge in [-0.1, -0.05) is 0 Å². The minimum absolute atomic E-state index is 0.136. The van der Waals surface area contributed by atoms with Gasteiger partial charge in [-0.05, 0) is 51.7 Å². The smallest absolute Gasteiger partial charge is 0.227 e. The third kappa shape index (κ3) is 3.68. The highest BCUT2D eigenvalue weighted by molar-refractivity contribution is 5.83. The molecule has 1 amide bonds. The Morgan fingerprint density at radius 2 is 2.00 bits per heavy atom. The molecule has 2 rings (SSSR count). The molecule has 2 fully saturated rings. The van der Waals surface area contributed by atoms with E-state index in [0.717, 1.165) is 32.5 Å². The van der Waals surface area contributed by atoms with Gasteiger partial charge in [0.1, 0.15) is 0 Å². The molecule has 5 nitrogen and oxygen atoms in total. The molecule has 0 bridgehead atoms. The third-order valence-corrected chi connectivity index (χ3v) is 4.71. The Morgan fingerprint density at radius 3 is 2.58 bits per heavy atom. The summed E-state index contributed by atoms with van der Waals surface area (Å²) in [5.41, 5.74) is 5.46. The van der Waals surface area contributed by atoms with Crippen LogP contribution in [0.2, 0.25) is 0 Å². The fourth-order valence-electron chi connectivity index (χ4n) is 2.98. The number of nitrogens with two attached hydrogens (primary N) is 1. The minimum Gasteiger partial charge on any atom is -0.381 e. The molecule has 0 aromatic carbocycles. The number of amides is 1. The van der Waals surface area contributed by atoms with E-state index in [1.54, 1.807) is 0 Å². The van der Waals surface area contributed by atoms with E-state index in [2.05, 4.69) is 17.3 Å². The van der Waals surface area contributed by atoms with Crippen molar-refractivity contribution in [3.05, 3.63) is 0 Å².